The van der Waals surface area contributed by atoms with E-state index >= 15 is 0 Å². The van der Waals surface area contributed by atoms with Gasteiger partial charge in [0.15, 0.2) is 11.5 Å². The molecule has 1 aromatic carbocycles. The van der Waals surface area contributed by atoms with Crippen LogP contribution in [0.3, 0.4) is 0 Å². The minimum atomic E-state index is -3.51. The maximum Gasteiger partial charge on any atom is 0.229 e. The maximum atomic E-state index is 12.2. The van der Waals surface area contributed by atoms with Gasteiger partial charge in [0.25, 0.3) is 0 Å². The second-order valence-electron chi connectivity index (χ2n) is 10.3. The minimum Gasteiger partial charge on any atom is -0.372 e. The van der Waals surface area contributed by atoms with E-state index in [2.05, 4.69) is 77.5 Å². The molecule has 37 heavy (non-hydrogen) atoms. The van der Waals surface area contributed by atoms with Crippen molar-refractivity contribution in [3.05, 3.63) is 46.1 Å². The van der Waals surface area contributed by atoms with Crippen LogP contribution < -0.4 is 19.7 Å². The molecule has 0 amide bonds. The highest BCUT2D eigenvalue weighted by Gasteiger charge is 2.25. The molecule has 0 aliphatic rings. The van der Waals surface area contributed by atoms with Crippen LogP contribution in [0, 0.1) is 0 Å². The molecule has 4 rings (SSSR count). The molecular weight excluding hydrogens is 506 g/mol. The molecule has 4 aromatic rings. The molecule has 9 nitrogen and oxygen atoms in total. The van der Waals surface area contributed by atoms with Crippen LogP contribution in [0.15, 0.2) is 30.3 Å². The first kappa shape index (κ1) is 26.9. The molecule has 11 heteroatoms. The van der Waals surface area contributed by atoms with Crippen LogP contribution in [0.25, 0.3) is 23.1 Å². The van der Waals surface area contributed by atoms with E-state index in [-0.39, 0.29) is 5.41 Å². The van der Waals surface area contributed by atoms with Crippen molar-refractivity contribution in [2.75, 3.05) is 48.0 Å². The fourth-order valence-corrected chi connectivity index (χ4v) is 5.70. The molecular formula is C26H35N7O2S2. The quantitative estimate of drug-likeness (QED) is 0.360. The molecule has 0 bridgehead atoms. The molecule has 0 saturated heterocycles. The molecule has 1 N–H and O–H groups in total. The van der Waals surface area contributed by atoms with Crippen LogP contribution in [-0.2, 0) is 15.4 Å². The Morgan fingerprint density at radius 1 is 1.08 bits per heavy atom. The molecule has 3 aromatic heterocycles. The number of fused-ring (bicyclic) bond motifs is 1. The van der Waals surface area contributed by atoms with Gasteiger partial charge in [0.05, 0.1) is 22.6 Å². The van der Waals surface area contributed by atoms with Gasteiger partial charge in [-0.25, -0.2) is 8.42 Å². The van der Waals surface area contributed by atoms with E-state index in [4.69, 9.17) is 5.10 Å². The summed E-state index contributed by atoms with van der Waals surface area (Å²) in [6.07, 6.45) is 3.25. The van der Waals surface area contributed by atoms with E-state index < -0.39 is 10.0 Å². The van der Waals surface area contributed by atoms with E-state index in [0.29, 0.717) is 22.7 Å². The lowest BCUT2D eigenvalue weighted by Crippen LogP contribution is -2.22. The summed E-state index contributed by atoms with van der Waals surface area (Å²) in [6, 6.07) is 9.83. The number of sulfonamides is 1. The summed E-state index contributed by atoms with van der Waals surface area (Å²) >= 11 is 1.69. The number of hydrogen-bond acceptors (Lipinski definition) is 8. The summed E-state index contributed by atoms with van der Waals surface area (Å²) in [5, 5.41) is 16.1. The molecule has 0 fully saturated rings. The Balaban J connectivity index is 1.98. The normalized spacial score (nSPS) is 12.9. The van der Waals surface area contributed by atoms with E-state index in [0.717, 1.165) is 45.8 Å². The average molecular weight is 542 g/mol. The zero-order chi connectivity index (χ0) is 27.1. The second-order valence-corrected chi connectivity index (χ2v) is 13.1. The molecule has 0 saturated carbocycles. The van der Waals surface area contributed by atoms with Gasteiger partial charge in [0.1, 0.15) is 0 Å². The Hall–Kier alpha value is -3.18. The van der Waals surface area contributed by atoms with Gasteiger partial charge in [-0.15, -0.1) is 21.5 Å². The van der Waals surface area contributed by atoms with Gasteiger partial charge in [0, 0.05) is 53.9 Å². The highest BCUT2D eigenvalue weighted by atomic mass is 32.2. The third-order valence-electron chi connectivity index (χ3n) is 6.06. The van der Waals surface area contributed by atoms with E-state index in [9.17, 15) is 8.42 Å². The van der Waals surface area contributed by atoms with Crippen molar-refractivity contribution < 1.29 is 8.42 Å². The predicted molar refractivity (Wildman–Crippen MR) is 154 cm³/mol. The molecule has 0 atom stereocenters. The Bertz CT molecular complexity index is 1580. The van der Waals surface area contributed by atoms with Crippen LogP contribution in [0.1, 0.15) is 45.2 Å². The highest BCUT2D eigenvalue weighted by molar-refractivity contribution is 7.92. The number of nitrogens with one attached hydrogen (secondary N) is 1. The zero-order valence-electron chi connectivity index (χ0n) is 22.7. The van der Waals surface area contributed by atoms with Crippen molar-refractivity contribution >= 4 is 49.5 Å². The lowest BCUT2D eigenvalue weighted by atomic mass is 9.91. The highest BCUT2D eigenvalue weighted by Crippen LogP contribution is 2.33. The summed E-state index contributed by atoms with van der Waals surface area (Å²) < 4.78 is 28.7. The molecule has 0 aliphatic carbocycles. The third kappa shape index (κ3) is 5.57. The fraction of sp³-hybridized carbons (Fsp3) is 0.423. The van der Waals surface area contributed by atoms with Crippen molar-refractivity contribution in [2.24, 2.45) is 0 Å². The van der Waals surface area contributed by atoms with Gasteiger partial charge in [-0.05, 0) is 50.3 Å². The number of aromatic nitrogens is 4. The van der Waals surface area contributed by atoms with Crippen LogP contribution in [0.5, 0.6) is 0 Å². The van der Waals surface area contributed by atoms with Gasteiger partial charge in [-0.3, -0.25) is 4.72 Å². The number of benzene rings is 1. The van der Waals surface area contributed by atoms with Crippen LogP contribution >= 0.6 is 11.3 Å². The van der Waals surface area contributed by atoms with Crippen molar-refractivity contribution in [3.63, 3.8) is 0 Å². The van der Waals surface area contributed by atoms with Gasteiger partial charge < -0.3 is 9.80 Å². The minimum absolute atomic E-state index is 0.248. The molecule has 0 unspecified atom stereocenters. The zero-order valence-corrected chi connectivity index (χ0v) is 24.3. The summed E-state index contributed by atoms with van der Waals surface area (Å²) in [4.78, 5) is 5.38. The van der Waals surface area contributed by atoms with Crippen molar-refractivity contribution in [3.8, 4) is 11.4 Å². The number of rotatable bonds is 8. The molecule has 0 radical (unpaired) electrons. The van der Waals surface area contributed by atoms with Crippen LogP contribution in [0.4, 0.5) is 16.4 Å². The Kier molecular flexibility index (Phi) is 7.22. The third-order valence-corrected chi connectivity index (χ3v) is 7.85. The maximum absolute atomic E-state index is 12.2. The standard InChI is InChI=1S/C26H35N7O2S2/c1-9-32(10-2)17-11-13-21(30-37(8,34)35)19(15-17)24-27-28-25-20(23(26(3,4)5)29-33(24)25)16-18-12-14-22(36-18)31(6)7/h11-16,30H,9-10H2,1-8H3/b20-16-. The lowest BCUT2D eigenvalue weighted by Gasteiger charge is -2.22. The Morgan fingerprint density at radius 3 is 2.35 bits per heavy atom. The average Bonchev–Trinajstić information content (AvgIpc) is 3.51. The van der Waals surface area contributed by atoms with Gasteiger partial charge in [0.2, 0.25) is 10.0 Å². The Morgan fingerprint density at radius 2 is 1.78 bits per heavy atom. The second kappa shape index (κ2) is 9.94. The van der Waals surface area contributed by atoms with E-state index in [1.165, 1.54) is 0 Å². The summed E-state index contributed by atoms with van der Waals surface area (Å²) in [5.41, 5.74) is 3.32. The first-order chi connectivity index (χ1) is 17.3. The first-order valence-corrected chi connectivity index (χ1v) is 14.9. The number of hydrogen-bond donors (Lipinski definition) is 1. The van der Waals surface area contributed by atoms with Crippen LogP contribution in [-0.4, -0.2) is 61.7 Å². The molecule has 0 aliphatic heterocycles. The largest absolute Gasteiger partial charge is 0.372 e. The summed E-state index contributed by atoms with van der Waals surface area (Å²) in [7, 11) is 0.541. The summed E-state index contributed by atoms with van der Waals surface area (Å²) in [5.74, 6) is 0.487. The smallest absolute Gasteiger partial charge is 0.229 e. The van der Waals surface area contributed by atoms with Gasteiger partial charge in [-0.1, -0.05) is 20.8 Å². The molecule has 198 valence electrons. The first-order valence-electron chi connectivity index (χ1n) is 12.2. The van der Waals surface area contributed by atoms with E-state index in [1.54, 1.807) is 21.9 Å². The van der Waals surface area contributed by atoms with Crippen molar-refractivity contribution in [1.82, 2.24) is 19.8 Å². The Labute approximate surface area is 222 Å². The topological polar surface area (TPSA) is 95.7 Å². The fourth-order valence-electron chi connectivity index (χ4n) is 4.25. The van der Waals surface area contributed by atoms with Gasteiger partial charge in [-0.2, -0.15) is 9.61 Å². The SMILES string of the molecule is CCN(CC)c1ccc(NS(C)(=O)=O)c(-c2nnc3/c(=C\c4ccc(N(C)C)s4)c(C(C)(C)C)nn23)c1. The summed E-state index contributed by atoms with van der Waals surface area (Å²) in [6.45, 7) is 12.2. The van der Waals surface area contributed by atoms with E-state index in [1.807, 2.05) is 26.2 Å². The van der Waals surface area contributed by atoms with Crippen molar-refractivity contribution in [2.45, 2.75) is 40.0 Å². The number of thiophene rings is 1. The van der Waals surface area contributed by atoms with Crippen LogP contribution in [0.2, 0.25) is 0 Å². The van der Waals surface area contributed by atoms with Crippen molar-refractivity contribution in [1.29, 1.82) is 0 Å². The lowest BCUT2D eigenvalue weighted by molar-refractivity contribution is 0.559. The number of anilines is 3. The molecule has 0 spiro atoms. The molecule has 3 heterocycles. The monoisotopic (exact) mass is 541 g/mol. The van der Waals surface area contributed by atoms with Gasteiger partial charge >= 0.3 is 0 Å². The number of nitrogens with zero attached hydrogens (tertiary/aromatic N) is 6. The predicted octanol–water partition coefficient (Wildman–Crippen LogP) is 3.98.